The maximum atomic E-state index is 12.0. The first-order valence-electron chi connectivity index (χ1n) is 6.91. The first-order chi connectivity index (χ1) is 11.0. The fourth-order valence-electron chi connectivity index (χ4n) is 1.96. The molecule has 0 aliphatic rings. The van der Waals surface area contributed by atoms with E-state index in [1.165, 1.54) is 19.2 Å². The van der Waals surface area contributed by atoms with Crippen molar-refractivity contribution in [1.29, 1.82) is 0 Å². The molecule has 1 amide bonds. The molecule has 0 aliphatic heterocycles. The lowest BCUT2D eigenvalue weighted by Gasteiger charge is -2.12. The molecular weight excluding hydrogens is 298 g/mol. The minimum absolute atomic E-state index is 0.108. The van der Waals surface area contributed by atoms with Gasteiger partial charge in [-0.2, -0.15) is 0 Å². The number of carboxylic acid groups (broad SMARTS) is 1. The van der Waals surface area contributed by atoms with Crippen molar-refractivity contribution in [2.24, 2.45) is 0 Å². The van der Waals surface area contributed by atoms with E-state index in [-0.39, 0.29) is 18.1 Å². The highest BCUT2D eigenvalue weighted by Crippen LogP contribution is 2.25. The van der Waals surface area contributed by atoms with Gasteiger partial charge in [-0.1, -0.05) is 18.2 Å². The molecule has 0 saturated carbocycles. The van der Waals surface area contributed by atoms with Gasteiger partial charge in [0, 0.05) is 5.69 Å². The Hall–Kier alpha value is -3.02. The summed E-state index contributed by atoms with van der Waals surface area (Å²) in [6.45, 7) is 1.57. The van der Waals surface area contributed by atoms with Gasteiger partial charge in [0.05, 0.1) is 12.7 Å². The molecule has 0 fully saturated rings. The maximum Gasteiger partial charge on any atom is 0.335 e. The van der Waals surface area contributed by atoms with Gasteiger partial charge in [0.2, 0.25) is 0 Å². The molecule has 0 spiro atoms. The molecule has 2 N–H and O–H groups in total. The maximum absolute atomic E-state index is 12.0. The standard InChI is InChI=1S/C17H17NO5/c1-11-7-8-12(17(20)21)9-13(11)18-16(19)10-23-15-6-4-3-5-14(15)22-2/h3-9H,10H2,1-2H3,(H,18,19)(H,20,21). The first kappa shape index (κ1) is 16.4. The molecule has 0 saturated heterocycles. The van der Waals surface area contributed by atoms with E-state index in [1.54, 1.807) is 37.3 Å². The first-order valence-corrected chi connectivity index (χ1v) is 6.91. The van der Waals surface area contributed by atoms with E-state index in [0.717, 1.165) is 5.56 Å². The van der Waals surface area contributed by atoms with Crippen LogP contribution in [0.3, 0.4) is 0 Å². The van der Waals surface area contributed by atoms with Gasteiger partial charge < -0.3 is 19.9 Å². The van der Waals surface area contributed by atoms with Crippen LogP contribution in [-0.4, -0.2) is 30.7 Å². The Bertz CT molecular complexity index is 727. The molecule has 120 valence electrons. The number of para-hydroxylation sites is 2. The Morgan fingerprint density at radius 1 is 1.13 bits per heavy atom. The number of carboxylic acids is 1. The lowest BCUT2D eigenvalue weighted by Crippen LogP contribution is -2.21. The number of rotatable bonds is 6. The summed E-state index contributed by atoms with van der Waals surface area (Å²) in [4.78, 5) is 23.0. The van der Waals surface area contributed by atoms with Gasteiger partial charge in [0.1, 0.15) is 0 Å². The number of ether oxygens (including phenoxy) is 2. The number of anilines is 1. The van der Waals surface area contributed by atoms with E-state index >= 15 is 0 Å². The summed E-state index contributed by atoms with van der Waals surface area (Å²) in [5.74, 6) is -0.446. The number of aryl methyl sites for hydroxylation is 1. The molecule has 0 unspecified atom stereocenters. The number of methoxy groups -OCH3 is 1. The van der Waals surface area contributed by atoms with E-state index < -0.39 is 5.97 Å². The topological polar surface area (TPSA) is 84.9 Å². The normalized spacial score (nSPS) is 10.0. The summed E-state index contributed by atoms with van der Waals surface area (Å²) in [5.41, 5.74) is 1.32. The number of nitrogens with one attached hydrogen (secondary N) is 1. The van der Waals surface area contributed by atoms with Crippen LogP contribution >= 0.6 is 0 Å². The summed E-state index contributed by atoms with van der Waals surface area (Å²) in [6, 6.07) is 11.5. The van der Waals surface area contributed by atoms with Gasteiger partial charge in [-0.3, -0.25) is 4.79 Å². The summed E-state index contributed by atoms with van der Waals surface area (Å²) < 4.78 is 10.6. The number of amides is 1. The van der Waals surface area contributed by atoms with Crippen LogP contribution in [0.5, 0.6) is 11.5 Å². The van der Waals surface area contributed by atoms with E-state index in [9.17, 15) is 9.59 Å². The Morgan fingerprint density at radius 2 is 1.83 bits per heavy atom. The molecule has 0 atom stereocenters. The van der Waals surface area contributed by atoms with E-state index in [4.69, 9.17) is 14.6 Å². The molecular formula is C17H17NO5. The van der Waals surface area contributed by atoms with Crippen molar-refractivity contribution in [3.63, 3.8) is 0 Å². The molecule has 2 rings (SSSR count). The van der Waals surface area contributed by atoms with Crippen molar-refractivity contribution in [2.75, 3.05) is 19.0 Å². The zero-order valence-electron chi connectivity index (χ0n) is 12.8. The average molecular weight is 315 g/mol. The Balaban J connectivity index is 2.02. The predicted octanol–water partition coefficient (Wildman–Crippen LogP) is 2.72. The molecule has 0 radical (unpaired) electrons. The van der Waals surface area contributed by atoms with Crippen LogP contribution in [-0.2, 0) is 4.79 Å². The van der Waals surface area contributed by atoms with Crippen molar-refractivity contribution < 1.29 is 24.2 Å². The summed E-state index contributed by atoms with van der Waals surface area (Å²) >= 11 is 0. The average Bonchev–Trinajstić information content (AvgIpc) is 2.55. The minimum atomic E-state index is -1.05. The van der Waals surface area contributed by atoms with Crippen molar-refractivity contribution in [2.45, 2.75) is 6.92 Å². The van der Waals surface area contributed by atoms with E-state index in [2.05, 4.69) is 5.32 Å². The molecule has 6 heteroatoms. The molecule has 0 heterocycles. The van der Waals surface area contributed by atoms with Gasteiger partial charge in [0.15, 0.2) is 18.1 Å². The van der Waals surface area contributed by atoms with Gasteiger partial charge in [-0.15, -0.1) is 0 Å². The van der Waals surface area contributed by atoms with E-state index in [1.807, 2.05) is 0 Å². The number of carbonyl (C=O) groups is 2. The fraction of sp³-hybridized carbons (Fsp3) is 0.176. The molecule has 2 aromatic rings. The highest BCUT2D eigenvalue weighted by atomic mass is 16.5. The zero-order valence-corrected chi connectivity index (χ0v) is 12.8. The third kappa shape index (κ3) is 4.23. The number of carbonyl (C=O) groups excluding carboxylic acids is 1. The monoisotopic (exact) mass is 315 g/mol. The Morgan fingerprint density at radius 3 is 2.48 bits per heavy atom. The van der Waals surface area contributed by atoms with Gasteiger partial charge in [-0.05, 0) is 36.8 Å². The largest absolute Gasteiger partial charge is 0.493 e. The zero-order chi connectivity index (χ0) is 16.8. The highest BCUT2D eigenvalue weighted by molar-refractivity contribution is 5.95. The van der Waals surface area contributed by atoms with Crippen molar-refractivity contribution in [3.05, 3.63) is 53.6 Å². The number of hydrogen-bond acceptors (Lipinski definition) is 4. The molecule has 6 nitrogen and oxygen atoms in total. The molecule has 0 bridgehead atoms. The minimum Gasteiger partial charge on any atom is -0.493 e. The lowest BCUT2D eigenvalue weighted by molar-refractivity contribution is -0.118. The quantitative estimate of drug-likeness (QED) is 0.856. The number of aromatic carboxylic acids is 1. The third-order valence-electron chi connectivity index (χ3n) is 3.19. The number of benzene rings is 2. The van der Waals surface area contributed by atoms with Crippen LogP contribution in [0.15, 0.2) is 42.5 Å². The SMILES string of the molecule is COc1ccccc1OCC(=O)Nc1cc(C(=O)O)ccc1C. The van der Waals surface area contributed by atoms with Crippen LogP contribution in [0.25, 0.3) is 0 Å². The summed E-state index contributed by atoms with van der Waals surface area (Å²) in [6.07, 6.45) is 0. The smallest absolute Gasteiger partial charge is 0.335 e. The van der Waals surface area contributed by atoms with Crippen LogP contribution in [0, 0.1) is 6.92 Å². The van der Waals surface area contributed by atoms with Crippen LogP contribution in [0.2, 0.25) is 0 Å². The fourth-order valence-corrected chi connectivity index (χ4v) is 1.96. The second-order valence-corrected chi connectivity index (χ2v) is 4.82. The summed E-state index contributed by atoms with van der Waals surface area (Å²) in [7, 11) is 1.52. The molecule has 0 aromatic heterocycles. The van der Waals surface area contributed by atoms with Crippen molar-refractivity contribution >= 4 is 17.6 Å². The Kier molecular flexibility index (Phi) is 5.19. The van der Waals surface area contributed by atoms with Gasteiger partial charge >= 0.3 is 5.97 Å². The van der Waals surface area contributed by atoms with Crippen LogP contribution < -0.4 is 14.8 Å². The second kappa shape index (κ2) is 7.31. The van der Waals surface area contributed by atoms with Gasteiger partial charge in [-0.25, -0.2) is 4.79 Å². The second-order valence-electron chi connectivity index (χ2n) is 4.82. The summed E-state index contributed by atoms with van der Waals surface area (Å²) in [5, 5.41) is 11.6. The van der Waals surface area contributed by atoms with Crippen LogP contribution in [0.1, 0.15) is 15.9 Å². The molecule has 23 heavy (non-hydrogen) atoms. The highest BCUT2D eigenvalue weighted by Gasteiger charge is 2.11. The lowest BCUT2D eigenvalue weighted by atomic mass is 10.1. The van der Waals surface area contributed by atoms with E-state index in [0.29, 0.717) is 17.2 Å². The van der Waals surface area contributed by atoms with Crippen LogP contribution in [0.4, 0.5) is 5.69 Å². The van der Waals surface area contributed by atoms with Crippen molar-refractivity contribution in [1.82, 2.24) is 0 Å². The molecule has 0 aliphatic carbocycles. The van der Waals surface area contributed by atoms with Gasteiger partial charge in [0.25, 0.3) is 5.91 Å². The number of hydrogen-bond donors (Lipinski definition) is 2. The molecule has 2 aromatic carbocycles. The third-order valence-corrected chi connectivity index (χ3v) is 3.19. The predicted molar refractivity (Wildman–Crippen MR) is 85.3 cm³/mol. The van der Waals surface area contributed by atoms with Crippen molar-refractivity contribution in [3.8, 4) is 11.5 Å². The Labute approximate surface area is 133 Å².